The van der Waals surface area contributed by atoms with E-state index in [9.17, 15) is 9.59 Å². The highest BCUT2D eigenvalue weighted by Crippen LogP contribution is 2.26. The van der Waals surface area contributed by atoms with Gasteiger partial charge in [0.2, 0.25) is 11.8 Å². The molecule has 6 heteroatoms. The van der Waals surface area contributed by atoms with Crippen LogP contribution in [0.3, 0.4) is 0 Å². The summed E-state index contributed by atoms with van der Waals surface area (Å²) in [6.45, 7) is 3.91. The molecule has 0 unspecified atom stereocenters. The Kier molecular flexibility index (Phi) is 5.73. The second-order valence-corrected chi connectivity index (χ2v) is 7.38. The summed E-state index contributed by atoms with van der Waals surface area (Å²) in [5.74, 6) is -0.349. The van der Waals surface area contributed by atoms with Gasteiger partial charge in [0.05, 0.1) is 6.04 Å². The fraction of sp³-hybridized carbons (Fsp3) is 0.250. The van der Waals surface area contributed by atoms with Crippen molar-refractivity contribution in [2.24, 2.45) is 4.99 Å². The molecule has 0 bridgehead atoms. The zero-order chi connectivity index (χ0) is 18.5. The Bertz CT molecular complexity index is 836. The average Bonchev–Trinajstić information content (AvgIpc) is 2.96. The topological polar surface area (TPSA) is 70.6 Å². The van der Waals surface area contributed by atoms with Crippen LogP contribution in [0.2, 0.25) is 0 Å². The second kappa shape index (κ2) is 8.19. The lowest BCUT2D eigenvalue weighted by Crippen LogP contribution is -2.28. The Labute approximate surface area is 157 Å². The number of carbonyl (C=O) groups is 2. The van der Waals surface area contributed by atoms with Crippen molar-refractivity contribution in [1.82, 2.24) is 5.32 Å². The number of hydrogen-bond donors (Lipinski definition) is 2. The first kappa shape index (κ1) is 18.2. The van der Waals surface area contributed by atoms with E-state index in [0.29, 0.717) is 5.17 Å². The quantitative estimate of drug-likeness (QED) is 0.847. The van der Waals surface area contributed by atoms with Gasteiger partial charge in [0.1, 0.15) is 5.25 Å². The van der Waals surface area contributed by atoms with E-state index in [4.69, 9.17) is 0 Å². The number of anilines is 1. The molecule has 1 aliphatic heterocycles. The van der Waals surface area contributed by atoms with E-state index < -0.39 is 5.25 Å². The van der Waals surface area contributed by atoms with Crippen LogP contribution in [0, 0.1) is 6.92 Å². The number of aliphatic imine (C=N–C) groups is 1. The van der Waals surface area contributed by atoms with Gasteiger partial charge in [0, 0.05) is 12.1 Å². The Balaban J connectivity index is 1.60. The normalized spacial score (nSPS) is 19.2. The van der Waals surface area contributed by atoms with E-state index in [1.54, 1.807) is 0 Å². The fourth-order valence-electron chi connectivity index (χ4n) is 2.67. The standard InChI is InChI=1S/C20H21N3O2S/c1-13-8-6-7-11-16(13)22-18(24)12-17-19(25)23-20(26-17)21-14(2)15-9-4-3-5-10-15/h3-11,14,17H,12H2,1-2H3,(H,22,24)(H,21,23,25)/t14-,17+/m0/s1. The Morgan fingerprint density at radius 1 is 1.19 bits per heavy atom. The Morgan fingerprint density at radius 2 is 1.88 bits per heavy atom. The monoisotopic (exact) mass is 367 g/mol. The zero-order valence-electron chi connectivity index (χ0n) is 14.7. The molecule has 0 aliphatic carbocycles. The number of aryl methyl sites for hydroxylation is 1. The predicted octanol–water partition coefficient (Wildman–Crippen LogP) is 3.67. The molecular formula is C20H21N3O2S. The van der Waals surface area contributed by atoms with Crippen molar-refractivity contribution >= 4 is 34.4 Å². The maximum Gasteiger partial charge on any atom is 0.240 e. The number of hydrogen-bond acceptors (Lipinski definition) is 4. The Hall–Kier alpha value is -2.60. The van der Waals surface area contributed by atoms with Gasteiger partial charge in [-0.05, 0) is 31.0 Å². The minimum absolute atomic E-state index is 0.0569. The van der Waals surface area contributed by atoms with Crippen LogP contribution in [0.4, 0.5) is 5.69 Å². The first-order valence-electron chi connectivity index (χ1n) is 8.48. The number of amidine groups is 1. The first-order chi connectivity index (χ1) is 12.5. The van der Waals surface area contributed by atoms with Gasteiger partial charge >= 0.3 is 0 Å². The van der Waals surface area contributed by atoms with Crippen LogP contribution >= 0.6 is 11.8 Å². The van der Waals surface area contributed by atoms with Crippen molar-refractivity contribution in [3.63, 3.8) is 0 Å². The van der Waals surface area contributed by atoms with Gasteiger partial charge in [-0.1, -0.05) is 60.3 Å². The van der Waals surface area contributed by atoms with E-state index in [2.05, 4.69) is 15.6 Å². The van der Waals surface area contributed by atoms with Crippen molar-refractivity contribution in [2.45, 2.75) is 31.6 Å². The van der Waals surface area contributed by atoms with Gasteiger partial charge in [-0.25, -0.2) is 0 Å². The summed E-state index contributed by atoms with van der Waals surface area (Å²) in [6, 6.07) is 17.4. The summed E-state index contributed by atoms with van der Waals surface area (Å²) < 4.78 is 0. The molecule has 1 fully saturated rings. The molecule has 134 valence electrons. The lowest BCUT2D eigenvalue weighted by Gasteiger charge is -2.09. The molecule has 5 nitrogen and oxygen atoms in total. The van der Waals surface area contributed by atoms with E-state index in [0.717, 1.165) is 16.8 Å². The third-order valence-electron chi connectivity index (χ3n) is 4.16. The smallest absolute Gasteiger partial charge is 0.240 e. The van der Waals surface area contributed by atoms with E-state index in [1.807, 2.05) is 68.4 Å². The van der Waals surface area contributed by atoms with E-state index in [-0.39, 0.29) is 24.3 Å². The molecule has 2 N–H and O–H groups in total. The highest BCUT2D eigenvalue weighted by molar-refractivity contribution is 8.15. The summed E-state index contributed by atoms with van der Waals surface area (Å²) in [5.41, 5.74) is 2.84. The van der Waals surface area contributed by atoms with Crippen LogP contribution < -0.4 is 10.6 Å². The molecule has 1 heterocycles. The summed E-state index contributed by atoms with van der Waals surface area (Å²) in [4.78, 5) is 29.0. The maximum absolute atomic E-state index is 12.3. The SMILES string of the molecule is Cc1ccccc1NC(=O)C[C@H]1SC(=N[C@@H](C)c2ccccc2)NC1=O. The molecule has 1 aliphatic rings. The third-order valence-corrected chi connectivity index (χ3v) is 5.26. The van der Waals surface area contributed by atoms with Gasteiger partial charge in [-0.2, -0.15) is 0 Å². The van der Waals surface area contributed by atoms with Crippen molar-refractivity contribution in [3.05, 3.63) is 65.7 Å². The highest BCUT2D eigenvalue weighted by atomic mass is 32.2. The minimum atomic E-state index is -0.458. The molecule has 2 aromatic carbocycles. The number of carbonyl (C=O) groups excluding carboxylic acids is 2. The minimum Gasteiger partial charge on any atom is -0.326 e. The summed E-state index contributed by atoms with van der Waals surface area (Å²) >= 11 is 1.31. The van der Waals surface area contributed by atoms with Crippen LogP contribution in [-0.4, -0.2) is 22.2 Å². The first-order valence-corrected chi connectivity index (χ1v) is 9.36. The van der Waals surface area contributed by atoms with Crippen LogP contribution in [0.15, 0.2) is 59.6 Å². The van der Waals surface area contributed by atoms with Gasteiger partial charge in [0.15, 0.2) is 5.17 Å². The average molecular weight is 367 g/mol. The van der Waals surface area contributed by atoms with Crippen molar-refractivity contribution in [2.75, 3.05) is 5.32 Å². The van der Waals surface area contributed by atoms with Gasteiger partial charge in [-0.3, -0.25) is 14.6 Å². The molecule has 0 aromatic heterocycles. The predicted molar refractivity (Wildman–Crippen MR) is 106 cm³/mol. The highest BCUT2D eigenvalue weighted by Gasteiger charge is 2.32. The Morgan fingerprint density at radius 3 is 2.62 bits per heavy atom. The molecule has 3 rings (SSSR count). The number of thioether (sulfide) groups is 1. The van der Waals surface area contributed by atoms with Gasteiger partial charge in [0.25, 0.3) is 0 Å². The zero-order valence-corrected chi connectivity index (χ0v) is 15.5. The van der Waals surface area contributed by atoms with E-state index in [1.165, 1.54) is 11.8 Å². The molecule has 1 saturated heterocycles. The van der Waals surface area contributed by atoms with Crippen LogP contribution in [0.25, 0.3) is 0 Å². The molecule has 0 spiro atoms. The lowest BCUT2D eigenvalue weighted by atomic mass is 10.1. The summed E-state index contributed by atoms with van der Waals surface area (Å²) in [6.07, 6.45) is 0.115. The summed E-state index contributed by atoms with van der Waals surface area (Å²) in [7, 11) is 0. The molecule has 26 heavy (non-hydrogen) atoms. The number of para-hydroxylation sites is 1. The number of benzene rings is 2. The number of nitrogens with zero attached hydrogens (tertiary/aromatic N) is 1. The molecular weight excluding hydrogens is 346 g/mol. The largest absolute Gasteiger partial charge is 0.326 e. The molecule has 2 aromatic rings. The number of rotatable bonds is 5. The van der Waals surface area contributed by atoms with Crippen LogP contribution in [0.1, 0.15) is 30.5 Å². The third kappa shape index (κ3) is 4.52. The van der Waals surface area contributed by atoms with Crippen LogP contribution in [0.5, 0.6) is 0 Å². The van der Waals surface area contributed by atoms with Crippen molar-refractivity contribution in [3.8, 4) is 0 Å². The molecule has 0 radical (unpaired) electrons. The van der Waals surface area contributed by atoms with E-state index >= 15 is 0 Å². The second-order valence-electron chi connectivity index (χ2n) is 6.18. The maximum atomic E-state index is 12.3. The molecule has 0 saturated carbocycles. The fourth-order valence-corrected chi connectivity index (χ4v) is 3.71. The van der Waals surface area contributed by atoms with Crippen molar-refractivity contribution < 1.29 is 9.59 Å². The van der Waals surface area contributed by atoms with Crippen LogP contribution in [-0.2, 0) is 9.59 Å². The van der Waals surface area contributed by atoms with Gasteiger partial charge in [-0.15, -0.1) is 0 Å². The van der Waals surface area contributed by atoms with Crippen molar-refractivity contribution in [1.29, 1.82) is 0 Å². The number of nitrogens with one attached hydrogen (secondary N) is 2. The molecule has 2 amide bonds. The lowest BCUT2D eigenvalue weighted by molar-refractivity contribution is -0.122. The summed E-state index contributed by atoms with van der Waals surface area (Å²) in [5, 5.41) is 5.76. The number of amides is 2. The van der Waals surface area contributed by atoms with Gasteiger partial charge < -0.3 is 10.6 Å². The molecule has 2 atom stereocenters.